The molecule has 0 aliphatic heterocycles. The van der Waals surface area contributed by atoms with E-state index in [1.165, 1.54) is 5.56 Å². The molecule has 1 atom stereocenters. The highest BCUT2D eigenvalue weighted by atomic mass is 32.1. The summed E-state index contributed by atoms with van der Waals surface area (Å²) in [5.74, 6) is -0.344. The van der Waals surface area contributed by atoms with Gasteiger partial charge < -0.3 is 10.5 Å². The summed E-state index contributed by atoms with van der Waals surface area (Å²) >= 11 is 1.67. The lowest BCUT2D eigenvalue weighted by molar-refractivity contribution is -0.144. The second-order valence-corrected chi connectivity index (χ2v) is 5.06. The van der Waals surface area contributed by atoms with E-state index in [2.05, 4.69) is 23.6 Å². The number of esters is 1. The normalized spacial score (nSPS) is 12.1. The van der Waals surface area contributed by atoms with Gasteiger partial charge in [-0.05, 0) is 46.9 Å². The molecule has 0 fully saturated rings. The van der Waals surface area contributed by atoms with Crippen LogP contribution in [0.3, 0.4) is 0 Å². The van der Waals surface area contributed by atoms with Gasteiger partial charge in [0.05, 0.1) is 6.61 Å². The minimum Gasteiger partial charge on any atom is -0.465 e. The van der Waals surface area contributed by atoms with Crippen molar-refractivity contribution in [1.82, 2.24) is 0 Å². The third-order valence-corrected chi connectivity index (χ3v) is 3.51. The first-order valence-corrected chi connectivity index (χ1v) is 7.18. The van der Waals surface area contributed by atoms with Crippen molar-refractivity contribution >= 4 is 17.3 Å². The van der Waals surface area contributed by atoms with Crippen molar-refractivity contribution in [3.05, 3.63) is 46.7 Å². The van der Waals surface area contributed by atoms with Crippen LogP contribution in [0.5, 0.6) is 0 Å². The number of hydrogen-bond acceptors (Lipinski definition) is 4. The van der Waals surface area contributed by atoms with Crippen LogP contribution in [0.25, 0.3) is 11.1 Å². The van der Waals surface area contributed by atoms with E-state index in [0.29, 0.717) is 13.0 Å². The Morgan fingerprint density at radius 3 is 2.89 bits per heavy atom. The fourth-order valence-corrected chi connectivity index (χ4v) is 2.56. The summed E-state index contributed by atoms with van der Waals surface area (Å²) in [6.07, 6.45) is 0.497. The maximum atomic E-state index is 11.5. The smallest absolute Gasteiger partial charge is 0.323 e. The van der Waals surface area contributed by atoms with E-state index in [9.17, 15) is 4.79 Å². The summed E-state index contributed by atoms with van der Waals surface area (Å²) in [6, 6.07) is 9.57. The third kappa shape index (κ3) is 3.66. The lowest BCUT2D eigenvalue weighted by Gasteiger charge is -2.11. The van der Waals surface area contributed by atoms with Gasteiger partial charge in [0.25, 0.3) is 0 Å². The van der Waals surface area contributed by atoms with Gasteiger partial charge in [-0.25, -0.2) is 0 Å². The Hall–Kier alpha value is -1.65. The zero-order chi connectivity index (χ0) is 13.7. The standard InChI is InChI=1S/C15H17NO2S/c1-2-18-15(17)14(16)9-11-4-3-5-12(8-11)13-6-7-19-10-13/h3-8,10,14H,2,9,16H2,1H3. The zero-order valence-corrected chi connectivity index (χ0v) is 11.7. The Balaban J connectivity index is 2.09. The van der Waals surface area contributed by atoms with Crippen molar-refractivity contribution in [2.45, 2.75) is 19.4 Å². The van der Waals surface area contributed by atoms with E-state index in [0.717, 1.165) is 11.1 Å². The first-order chi connectivity index (χ1) is 9.20. The van der Waals surface area contributed by atoms with Gasteiger partial charge in [0.1, 0.15) is 6.04 Å². The molecular formula is C15H17NO2S. The maximum absolute atomic E-state index is 11.5. The van der Waals surface area contributed by atoms with Gasteiger partial charge in [-0.1, -0.05) is 24.3 Å². The number of nitrogens with two attached hydrogens (primary N) is 1. The number of ether oxygens (including phenoxy) is 1. The Labute approximate surface area is 117 Å². The van der Waals surface area contributed by atoms with E-state index in [-0.39, 0.29) is 5.97 Å². The fourth-order valence-electron chi connectivity index (χ4n) is 1.89. The van der Waals surface area contributed by atoms with E-state index in [1.807, 2.05) is 17.5 Å². The molecule has 0 aliphatic rings. The number of thiophene rings is 1. The molecule has 4 heteroatoms. The predicted molar refractivity (Wildman–Crippen MR) is 78.1 cm³/mol. The molecule has 0 saturated carbocycles. The third-order valence-electron chi connectivity index (χ3n) is 2.83. The van der Waals surface area contributed by atoms with E-state index >= 15 is 0 Å². The Morgan fingerprint density at radius 1 is 1.37 bits per heavy atom. The molecule has 2 aromatic rings. The lowest BCUT2D eigenvalue weighted by atomic mass is 10.0. The lowest BCUT2D eigenvalue weighted by Crippen LogP contribution is -2.34. The van der Waals surface area contributed by atoms with Crippen molar-refractivity contribution in [3.63, 3.8) is 0 Å². The molecule has 0 radical (unpaired) electrons. The highest BCUT2D eigenvalue weighted by Crippen LogP contribution is 2.23. The Kier molecular flexibility index (Phi) is 4.71. The number of hydrogen-bond donors (Lipinski definition) is 1. The zero-order valence-electron chi connectivity index (χ0n) is 10.8. The van der Waals surface area contributed by atoms with Crippen LogP contribution in [0.2, 0.25) is 0 Å². The van der Waals surface area contributed by atoms with E-state index in [4.69, 9.17) is 10.5 Å². The highest BCUT2D eigenvalue weighted by Gasteiger charge is 2.15. The molecule has 0 bridgehead atoms. The van der Waals surface area contributed by atoms with E-state index in [1.54, 1.807) is 18.3 Å². The number of carbonyl (C=O) groups is 1. The van der Waals surface area contributed by atoms with Crippen molar-refractivity contribution < 1.29 is 9.53 Å². The van der Waals surface area contributed by atoms with Crippen LogP contribution in [0.15, 0.2) is 41.1 Å². The maximum Gasteiger partial charge on any atom is 0.323 e. The molecule has 2 rings (SSSR count). The summed E-state index contributed by atoms with van der Waals surface area (Å²) in [5, 5.41) is 4.15. The molecule has 1 heterocycles. The van der Waals surface area contributed by atoms with Crippen LogP contribution in [0, 0.1) is 0 Å². The van der Waals surface area contributed by atoms with E-state index < -0.39 is 6.04 Å². The van der Waals surface area contributed by atoms with Gasteiger partial charge in [-0.15, -0.1) is 0 Å². The number of rotatable bonds is 5. The summed E-state index contributed by atoms with van der Waals surface area (Å²) in [6.45, 7) is 2.14. The summed E-state index contributed by atoms with van der Waals surface area (Å²) < 4.78 is 4.92. The van der Waals surface area contributed by atoms with Crippen LogP contribution in [-0.4, -0.2) is 18.6 Å². The van der Waals surface area contributed by atoms with Crippen molar-refractivity contribution in [2.24, 2.45) is 5.73 Å². The predicted octanol–water partition coefficient (Wildman–Crippen LogP) is 2.85. The molecule has 2 N–H and O–H groups in total. The summed E-state index contributed by atoms with van der Waals surface area (Å²) in [4.78, 5) is 11.5. The largest absolute Gasteiger partial charge is 0.465 e. The van der Waals surface area contributed by atoms with Gasteiger partial charge >= 0.3 is 5.97 Å². The van der Waals surface area contributed by atoms with Crippen molar-refractivity contribution in [2.75, 3.05) is 6.61 Å². The molecule has 100 valence electrons. The van der Waals surface area contributed by atoms with Gasteiger partial charge in [0.15, 0.2) is 0 Å². The Bertz CT molecular complexity index is 537. The van der Waals surface area contributed by atoms with Crippen LogP contribution < -0.4 is 5.73 Å². The van der Waals surface area contributed by atoms with Gasteiger partial charge in [-0.2, -0.15) is 11.3 Å². The molecule has 1 unspecified atom stereocenters. The summed E-state index contributed by atoms with van der Waals surface area (Å²) in [7, 11) is 0. The minimum absolute atomic E-state index is 0.344. The molecule has 0 saturated heterocycles. The molecule has 0 aliphatic carbocycles. The number of benzene rings is 1. The van der Waals surface area contributed by atoms with Crippen LogP contribution in [-0.2, 0) is 16.0 Å². The van der Waals surface area contributed by atoms with Gasteiger partial charge in [0, 0.05) is 0 Å². The molecule has 0 amide bonds. The van der Waals surface area contributed by atoms with Crippen molar-refractivity contribution in [1.29, 1.82) is 0 Å². The fraction of sp³-hybridized carbons (Fsp3) is 0.267. The molecular weight excluding hydrogens is 258 g/mol. The SMILES string of the molecule is CCOC(=O)C(N)Cc1cccc(-c2ccsc2)c1. The van der Waals surface area contributed by atoms with Crippen LogP contribution in [0.4, 0.5) is 0 Å². The number of carbonyl (C=O) groups excluding carboxylic acids is 1. The first kappa shape index (κ1) is 13.8. The quantitative estimate of drug-likeness (QED) is 0.854. The molecule has 3 nitrogen and oxygen atoms in total. The molecule has 1 aromatic heterocycles. The topological polar surface area (TPSA) is 52.3 Å². The molecule has 0 spiro atoms. The molecule has 1 aromatic carbocycles. The second-order valence-electron chi connectivity index (χ2n) is 4.28. The monoisotopic (exact) mass is 275 g/mol. The van der Waals surface area contributed by atoms with Gasteiger partial charge in [0.2, 0.25) is 0 Å². The van der Waals surface area contributed by atoms with Crippen LogP contribution >= 0.6 is 11.3 Å². The van der Waals surface area contributed by atoms with Crippen molar-refractivity contribution in [3.8, 4) is 11.1 Å². The molecule has 19 heavy (non-hydrogen) atoms. The second kappa shape index (κ2) is 6.50. The average Bonchev–Trinajstić information content (AvgIpc) is 2.93. The van der Waals surface area contributed by atoms with Gasteiger partial charge in [-0.3, -0.25) is 4.79 Å². The Morgan fingerprint density at radius 2 is 2.21 bits per heavy atom. The highest BCUT2D eigenvalue weighted by molar-refractivity contribution is 7.08. The van der Waals surface area contributed by atoms with Crippen LogP contribution in [0.1, 0.15) is 12.5 Å². The average molecular weight is 275 g/mol. The summed E-state index contributed by atoms with van der Waals surface area (Å²) in [5.41, 5.74) is 9.22. The first-order valence-electron chi connectivity index (χ1n) is 6.24. The minimum atomic E-state index is -0.599.